The third-order valence-corrected chi connectivity index (χ3v) is 26.4. The number of likely N-dealkylation sites (tertiary alicyclic amines) is 4. The maximum Gasteiger partial charge on any atom is 0.0678 e. The number of ether oxygens (including phenoxy) is 4. The molecule has 18 heteroatoms. The molecule has 0 bridgehead atoms. The summed E-state index contributed by atoms with van der Waals surface area (Å²) in [6.07, 6.45) is 27.3. The summed E-state index contributed by atoms with van der Waals surface area (Å²) in [6, 6.07) is 9.14. The molecule has 8 aliphatic rings. The predicted octanol–water partition coefficient (Wildman–Crippen LogP) is 25.5. The second-order valence-corrected chi connectivity index (χ2v) is 55.2. The molecule has 0 spiro atoms. The minimum absolute atomic E-state index is 0. The molecule has 8 saturated heterocycles. The van der Waals surface area contributed by atoms with Gasteiger partial charge in [0.2, 0.25) is 0 Å². The molecule has 9 atom stereocenters. The number of morpholine rings is 4. The predicted molar refractivity (Wildman–Crippen MR) is 603 cm³/mol. The van der Waals surface area contributed by atoms with E-state index in [1.807, 2.05) is 25.5 Å². The van der Waals surface area contributed by atoms with E-state index in [0.717, 1.165) is 153 Å². The van der Waals surface area contributed by atoms with Crippen molar-refractivity contribution in [3.63, 3.8) is 0 Å². The summed E-state index contributed by atoms with van der Waals surface area (Å²) in [7, 11) is 2.24. The Labute approximate surface area is 856 Å². The van der Waals surface area contributed by atoms with Crippen molar-refractivity contribution in [3.05, 3.63) is 59.7 Å². The Balaban J connectivity index is 0.00000150. The maximum absolute atomic E-state index is 5.71. The molecule has 0 saturated carbocycles. The van der Waals surface area contributed by atoms with Crippen LogP contribution in [0.1, 0.15) is 398 Å². The molecule has 18 nitrogen and oxygen atoms in total. The van der Waals surface area contributed by atoms with Crippen LogP contribution in [0, 0.1) is 63.1 Å². The van der Waals surface area contributed by atoms with Crippen LogP contribution in [0.5, 0.6) is 0 Å². The first-order valence-electron chi connectivity index (χ1n) is 55.5. The highest BCUT2D eigenvalue weighted by atomic mass is 16.5. The Bertz CT molecular complexity index is 3040. The van der Waals surface area contributed by atoms with E-state index < -0.39 is 0 Å². The van der Waals surface area contributed by atoms with Gasteiger partial charge in [0.15, 0.2) is 0 Å². The lowest BCUT2D eigenvalue weighted by molar-refractivity contribution is -0.0699. The molecular formula is C119H242N14O4. The molecule has 10 heterocycles. The van der Waals surface area contributed by atoms with Crippen LogP contribution in [-0.4, -0.2) is 309 Å². The van der Waals surface area contributed by atoms with Gasteiger partial charge in [0, 0.05) is 176 Å². The minimum Gasteiger partial charge on any atom is -0.379 e. The molecule has 2 aromatic rings. The molecule has 10 rings (SSSR count). The number of pyridine rings is 2. The molecule has 8 fully saturated rings. The summed E-state index contributed by atoms with van der Waals surface area (Å²) in [5.41, 5.74) is 7.73. The fourth-order valence-corrected chi connectivity index (χ4v) is 19.4. The van der Waals surface area contributed by atoms with Gasteiger partial charge in [0.1, 0.15) is 0 Å². The standard InChI is InChI=1S/C13H27N.2C12H26N2.C12H20N2.3C12H25NO.C11H24N2.C11H23NO.C11H17N.CH4/c1-11-8-12(2)10-14(9-11)7-6-13(3,4)5;2*1-11-6-5-8-14(10-11)9-7-13-12(2,3)4;1-5-14(12(2,3)4)10-11-6-8-13-9-7-11;1-11(2,3)10-12(4,5)13-6-8-14-9-7-13;2*1-10-8-13(9-11(2)14-10)7-6-12(3,4)5;1-11(2,3)12-9-10-7-5-6-8-13(10)4;1-11(2,3)5-4-6-12-7-9-13-10-8-12;1-9-5-6-10(8-12-9)7-11(2,3)4;/h11-12H,6-10H2,1-5H3;2*11,13H,5-10H2,1-4H3;6-9H,5,10H2,1-4H3;6-10H2,1-5H3;2*10-11H,6-9H2,1-5H3;10,12H,5-9H2,1-4H3;4-10H2,1-3H3;5-6,8H,7H2,1-4H3;1H4/t;2*11-;;;10-,11+;10-,11-;10-;;;/m.10...01.../s1. The zero-order valence-corrected chi connectivity index (χ0v) is 99.1. The number of likely N-dealkylation sites (N-methyl/N-ethyl adjacent to an activating group) is 1. The molecule has 0 aromatic carbocycles. The summed E-state index contributed by atoms with van der Waals surface area (Å²) in [6.45, 7) is 130. The summed E-state index contributed by atoms with van der Waals surface area (Å²) in [5, 5.41) is 10.7. The number of piperidine rings is 4. The van der Waals surface area contributed by atoms with Crippen molar-refractivity contribution in [2.45, 2.75) is 459 Å². The molecule has 8 aliphatic heterocycles. The number of nitrogens with zero attached hydrogens (tertiary/aromatic N) is 11. The van der Waals surface area contributed by atoms with Gasteiger partial charge in [-0.15, -0.1) is 0 Å². The Hall–Kier alpha value is -2.34. The van der Waals surface area contributed by atoms with E-state index in [2.05, 4.69) is 385 Å². The van der Waals surface area contributed by atoms with Crippen LogP contribution in [-0.2, 0) is 31.9 Å². The first kappa shape index (κ1) is 135. The quantitative estimate of drug-likeness (QED) is 0.0975. The Kier molecular flexibility index (Phi) is 65.7. The topological polar surface area (TPSA) is 128 Å². The normalized spacial score (nSPS) is 23.4. The van der Waals surface area contributed by atoms with Crippen LogP contribution in [0.25, 0.3) is 0 Å². The van der Waals surface area contributed by atoms with Crippen molar-refractivity contribution >= 4 is 0 Å². The number of nitrogens with one attached hydrogen (secondary N) is 3. The third kappa shape index (κ3) is 77.7. The van der Waals surface area contributed by atoms with E-state index in [9.17, 15) is 0 Å². The Morgan fingerprint density at radius 1 is 0.394 bits per heavy atom. The number of hydrogen-bond donors (Lipinski definition) is 3. The van der Waals surface area contributed by atoms with Crippen LogP contribution in [0.3, 0.4) is 0 Å². The highest BCUT2D eigenvalue weighted by Crippen LogP contribution is 2.33. The maximum atomic E-state index is 5.71. The average molecular weight is 1930 g/mol. The number of aryl methyl sites for hydroxylation is 1. The third-order valence-electron chi connectivity index (χ3n) is 26.4. The largest absolute Gasteiger partial charge is 0.379 e. The molecule has 0 radical (unpaired) electrons. The van der Waals surface area contributed by atoms with Gasteiger partial charge in [-0.25, -0.2) is 0 Å². The summed E-state index contributed by atoms with van der Waals surface area (Å²) in [4.78, 5) is 31.2. The van der Waals surface area contributed by atoms with Crippen molar-refractivity contribution in [2.24, 2.45) is 56.2 Å². The first-order chi connectivity index (χ1) is 62.4. The zero-order valence-electron chi connectivity index (χ0n) is 99.1. The lowest BCUT2D eigenvalue weighted by atomic mass is 9.80. The van der Waals surface area contributed by atoms with E-state index in [1.54, 1.807) is 0 Å². The van der Waals surface area contributed by atoms with Gasteiger partial charge >= 0.3 is 0 Å². The molecular weight excluding hydrogens is 1690 g/mol. The van der Waals surface area contributed by atoms with Crippen molar-refractivity contribution in [3.8, 4) is 0 Å². The Morgan fingerprint density at radius 3 is 1.15 bits per heavy atom. The van der Waals surface area contributed by atoms with E-state index >= 15 is 0 Å². The van der Waals surface area contributed by atoms with Gasteiger partial charge in [-0.1, -0.05) is 179 Å². The van der Waals surface area contributed by atoms with E-state index in [1.165, 1.54) is 186 Å². The lowest BCUT2D eigenvalue weighted by Crippen LogP contribution is -2.51. The average Bonchev–Trinajstić information content (AvgIpc) is 0.826. The van der Waals surface area contributed by atoms with Crippen molar-refractivity contribution < 1.29 is 18.9 Å². The van der Waals surface area contributed by atoms with E-state index in [0.29, 0.717) is 62.4 Å². The highest BCUT2D eigenvalue weighted by Gasteiger charge is 2.34. The minimum atomic E-state index is 0. The lowest BCUT2D eigenvalue weighted by Gasteiger charge is -2.44. The number of aromatic nitrogens is 2. The van der Waals surface area contributed by atoms with Crippen LogP contribution in [0.15, 0.2) is 42.9 Å². The fraction of sp³-hybridized carbons (Fsp3) is 0.916. The van der Waals surface area contributed by atoms with Crippen molar-refractivity contribution in [2.75, 3.05) is 197 Å². The highest BCUT2D eigenvalue weighted by molar-refractivity contribution is 5.14. The van der Waals surface area contributed by atoms with Crippen molar-refractivity contribution in [1.82, 2.24) is 70.0 Å². The van der Waals surface area contributed by atoms with Gasteiger partial charge in [-0.2, -0.15) is 0 Å². The fourth-order valence-electron chi connectivity index (χ4n) is 19.4. The van der Waals surface area contributed by atoms with Gasteiger partial charge < -0.3 is 54.5 Å². The van der Waals surface area contributed by atoms with Crippen LogP contribution in [0.4, 0.5) is 0 Å². The molecule has 137 heavy (non-hydrogen) atoms. The number of hydrogen-bond acceptors (Lipinski definition) is 18. The SMILES string of the molecule is C.CC(C)(C)CC(C)(C)N1CCOCC1.CC(C)(C)CCCN1CCOCC1.CC1CC(C)CN(CCC(C)(C)C)C1.CCN(Cc1ccncc1)C(C)(C)C.CN1CCCC[C@@H]1CNC(C)(C)C.C[C@@H]1CCCN(CCNC(C)(C)C)C1.C[C@@H]1CN(CCC(C)(C)C)C[C@H](C)O1.C[C@H]1CCCN(CCNC(C)(C)C)C1.C[C@H]1CN(CCC(C)(C)C)C[C@H](C)O1.Cc1ccc(CC(C)(C)C)cn1. The molecule has 2 unspecified atom stereocenters. The van der Waals surface area contributed by atoms with Gasteiger partial charge in [-0.05, 0) is 366 Å². The molecule has 2 aromatic heterocycles. The smallest absolute Gasteiger partial charge is 0.0678 e. The Morgan fingerprint density at radius 2 is 0.796 bits per heavy atom. The van der Waals surface area contributed by atoms with E-state index in [-0.39, 0.29) is 29.6 Å². The monoisotopic (exact) mass is 1930 g/mol. The van der Waals surface area contributed by atoms with Crippen molar-refractivity contribution in [1.29, 1.82) is 0 Å². The van der Waals surface area contributed by atoms with Crippen LogP contribution < -0.4 is 16.0 Å². The van der Waals surface area contributed by atoms with E-state index in [4.69, 9.17) is 18.9 Å². The summed E-state index contributed by atoms with van der Waals surface area (Å²) >= 11 is 0. The second kappa shape index (κ2) is 66.8. The second-order valence-electron chi connectivity index (χ2n) is 55.2. The summed E-state index contributed by atoms with van der Waals surface area (Å²) < 4.78 is 22.1. The van der Waals surface area contributed by atoms with Crippen LogP contribution >= 0.6 is 0 Å². The molecule has 812 valence electrons. The molecule has 0 aliphatic carbocycles. The van der Waals surface area contributed by atoms with Gasteiger partial charge in [0.05, 0.1) is 50.8 Å². The molecule has 0 amide bonds. The van der Waals surface area contributed by atoms with Gasteiger partial charge in [0.25, 0.3) is 0 Å². The van der Waals surface area contributed by atoms with Crippen LogP contribution in [0.2, 0.25) is 0 Å². The molecule has 3 N–H and O–H groups in total. The zero-order chi connectivity index (χ0) is 104. The number of rotatable bonds is 23. The van der Waals surface area contributed by atoms with Gasteiger partial charge in [-0.3, -0.25) is 34.5 Å². The summed E-state index contributed by atoms with van der Waals surface area (Å²) in [5.74, 6) is 3.61. The first-order valence-corrected chi connectivity index (χ1v) is 55.5.